The molecule has 3 rings (SSSR count). The van der Waals surface area contributed by atoms with Crippen molar-refractivity contribution in [2.45, 2.75) is 115 Å². The molecule has 0 spiro atoms. The molecular weight excluding hydrogens is 292 g/mol. The van der Waals surface area contributed by atoms with Gasteiger partial charge >= 0.3 is 0 Å². The second-order valence-corrected chi connectivity index (χ2v) is 11.0. The predicted octanol–water partition coefficient (Wildman–Crippen LogP) is 6.28. The van der Waals surface area contributed by atoms with E-state index in [2.05, 4.69) is 0 Å². The van der Waals surface area contributed by atoms with Crippen LogP contribution in [0.2, 0.25) is 5.54 Å². The zero-order valence-corrected chi connectivity index (χ0v) is 17.9. The molecule has 0 radical (unpaired) electrons. The quantitative estimate of drug-likeness (QED) is 0.533. The summed E-state index contributed by atoms with van der Waals surface area (Å²) in [7, 11) is 1.47. The molecule has 2 unspecified atom stereocenters. The molecule has 3 aliphatic carbocycles. The molecule has 0 nitrogen and oxygen atoms in total. The van der Waals surface area contributed by atoms with Gasteiger partial charge in [0.2, 0.25) is 0 Å². The first-order valence-corrected chi connectivity index (χ1v) is 12.5. The van der Waals surface area contributed by atoms with Crippen LogP contribution in [0.5, 0.6) is 0 Å². The van der Waals surface area contributed by atoms with Crippen LogP contribution in [-0.4, -0.2) is 10.2 Å². The smallest absolute Gasteiger partial charge is 0.00710 e. The highest BCUT2D eigenvalue weighted by molar-refractivity contribution is 6.12. The third-order valence-corrected chi connectivity index (χ3v) is 9.02. The largest absolute Gasteiger partial charge is 0.0533 e. The monoisotopic (exact) mass is 334 g/mol. The lowest BCUT2D eigenvalue weighted by Gasteiger charge is -2.29. The highest BCUT2D eigenvalue weighted by atomic mass is 28.1. The average Bonchev–Trinajstić information content (AvgIpc) is 2.82. The Kier molecular flexibility index (Phi) is 7.55. The van der Waals surface area contributed by atoms with E-state index in [0.29, 0.717) is 0 Å². The molecule has 0 aromatic rings. The van der Waals surface area contributed by atoms with E-state index in [9.17, 15) is 0 Å². The fourth-order valence-corrected chi connectivity index (χ4v) is 7.91. The highest BCUT2D eigenvalue weighted by Gasteiger charge is 2.36. The van der Waals surface area contributed by atoms with Gasteiger partial charge in [-0.15, -0.1) is 0 Å². The Balaban J connectivity index is 1.48. The zero-order chi connectivity index (χ0) is 15.9. The van der Waals surface area contributed by atoms with Gasteiger partial charge in [-0.05, 0) is 36.5 Å². The molecule has 3 fully saturated rings. The average molecular weight is 335 g/mol. The molecular formula is C22H42Si. The summed E-state index contributed by atoms with van der Waals surface area (Å²) in [6.45, 7) is 0. The molecule has 3 saturated carbocycles. The van der Waals surface area contributed by atoms with Crippen LogP contribution in [0.25, 0.3) is 0 Å². The summed E-state index contributed by atoms with van der Waals surface area (Å²) in [4.78, 5) is 0. The minimum absolute atomic E-state index is 1.10. The van der Waals surface area contributed by atoms with Crippen LogP contribution >= 0.6 is 0 Å². The molecule has 23 heavy (non-hydrogen) atoms. The summed E-state index contributed by atoms with van der Waals surface area (Å²) in [5, 5.41) is 0. The lowest BCUT2D eigenvalue weighted by Crippen LogP contribution is -2.17. The van der Waals surface area contributed by atoms with Gasteiger partial charge < -0.3 is 0 Å². The Morgan fingerprint density at radius 2 is 1.09 bits per heavy atom. The molecule has 0 bridgehead atoms. The van der Waals surface area contributed by atoms with Gasteiger partial charge in [0.05, 0.1) is 0 Å². The van der Waals surface area contributed by atoms with Gasteiger partial charge in [0.1, 0.15) is 0 Å². The molecule has 3 atom stereocenters. The summed E-state index contributed by atoms with van der Waals surface area (Å²) in [6.07, 6.45) is 26.5. The molecule has 134 valence electrons. The van der Waals surface area contributed by atoms with Crippen LogP contribution in [0.4, 0.5) is 0 Å². The molecule has 0 aromatic carbocycles. The van der Waals surface area contributed by atoms with Crippen LogP contribution in [0.3, 0.4) is 0 Å². The van der Waals surface area contributed by atoms with E-state index in [4.69, 9.17) is 0 Å². The van der Waals surface area contributed by atoms with E-state index >= 15 is 0 Å². The van der Waals surface area contributed by atoms with Crippen LogP contribution in [-0.2, 0) is 0 Å². The van der Waals surface area contributed by atoms with Crippen molar-refractivity contribution in [1.29, 1.82) is 0 Å². The normalized spacial score (nSPS) is 36.3. The summed E-state index contributed by atoms with van der Waals surface area (Å²) in [5.74, 6) is 4.50. The third kappa shape index (κ3) is 5.61. The maximum atomic E-state index is 1.63. The standard InChI is InChI=1S/C22H42Si/c23-22-17-19(15-18-11-7-3-1-4-8-12-18)16-21(22)20-13-9-5-2-6-10-14-20/h18-22H,1-17H2,23H3/t19?,21?,22-/m1/s1. The van der Waals surface area contributed by atoms with E-state index in [1.165, 1.54) is 61.6 Å². The summed E-state index contributed by atoms with van der Waals surface area (Å²) >= 11 is 0. The zero-order valence-electron chi connectivity index (χ0n) is 15.9. The van der Waals surface area contributed by atoms with Crippen molar-refractivity contribution in [3.8, 4) is 0 Å². The van der Waals surface area contributed by atoms with E-state index < -0.39 is 0 Å². The van der Waals surface area contributed by atoms with Crippen molar-refractivity contribution in [3.63, 3.8) is 0 Å². The Hall–Kier alpha value is 0.217. The molecule has 1 heteroatoms. The first-order valence-electron chi connectivity index (χ1n) is 11.3. The van der Waals surface area contributed by atoms with Crippen LogP contribution in [0.1, 0.15) is 109 Å². The fraction of sp³-hybridized carbons (Fsp3) is 1.00. The second-order valence-electron chi connectivity index (χ2n) is 9.53. The molecule has 0 aliphatic heterocycles. The van der Waals surface area contributed by atoms with E-state index in [-0.39, 0.29) is 0 Å². The Morgan fingerprint density at radius 1 is 0.565 bits per heavy atom. The van der Waals surface area contributed by atoms with Crippen molar-refractivity contribution >= 4 is 10.2 Å². The molecule has 3 aliphatic rings. The van der Waals surface area contributed by atoms with E-state index in [0.717, 1.165) is 29.2 Å². The minimum Gasteiger partial charge on any atom is -0.0533 e. The topological polar surface area (TPSA) is 0 Å². The van der Waals surface area contributed by atoms with Crippen LogP contribution in [0.15, 0.2) is 0 Å². The summed E-state index contributed by atoms with van der Waals surface area (Å²) in [6, 6.07) is 0. The van der Waals surface area contributed by atoms with Crippen molar-refractivity contribution in [2.24, 2.45) is 23.7 Å². The van der Waals surface area contributed by atoms with Gasteiger partial charge in [0, 0.05) is 10.2 Å². The fourth-order valence-electron chi connectivity index (χ4n) is 6.43. The summed E-state index contributed by atoms with van der Waals surface area (Å²) < 4.78 is 0. The van der Waals surface area contributed by atoms with Gasteiger partial charge in [0.25, 0.3) is 0 Å². The number of hydrogen-bond acceptors (Lipinski definition) is 0. The van der Waals surface area contributed by atoms with Gasteiger partial charge in [0.15, 0.2) is 0 Å². The van der Waals surface area contributed by atoms with Crippen molar-refractivity contribution in [2.75, 3.05) is 0 Å². The first kappa shape index (κ1) is 18.0. The van der Waals surface area contributed by atoms with Crippen molar-refractivity contribution in [3.05, 3.63) is 0 Å². The lowest BCUT2D eigenvalue weighted by atomic mass is 9.79. The maximum absolute atomic E-state index is 1.63. The Labute approximate surface area is 149 Å². The Bertz CT molecular complexity index is 310. The third-order valence-electron chi connectivity index (χ3n) is 7.69. The lowest BCUT2D eigenvalue weighted by molar-refractivity contribution is 0.250. The highest BCUT2D eigenvalue weighted by Crippen LogP contribution is 2.49. The molecule has 0 saturated heterocycles. The maximum Gasteiger partial charge on any atom is 0.00710 e. The number of rotatable bonds is 3. The molecule has 0 amide bonds. The van der Waals surface area contributed by atoms with Gasteiger partial charge in [-0.25, -0.2) is 0 Å². The SMILES string of the molecule is [SiH3][C@@H]1CC(CC2CCCCCCC2)CC1C1CCCCCCC1. The summed E-state index contributed by atoms with van der Waals surface area (Å²) in [5.41, 5.74) is 1.16. The van der Waals surface area contributed by atoms with Crippen LogP contribution < -0.4 is 0 Å². The van der Waals surface area contributed by atoms with Crippen LogP contribution in [0, 0.1) is 23.7 Å². The van der Waals surface area contributed by atoms with Crippen molar-refractivity contribution < 1.29 is 0 Å². The predicted molar refractivity (Wildman–Crippen MR) is 106 cm³/mol. The second kappa shape index (κ2) is 9.64. The Morgan fingerprint density at radius 3 is 1.70 bits per heavy atom. The van der Waals surface area contributed by atoms with E-state index in [1.807, 2.05) is 0 Å². The van der Waals surface area contributed by atoms with Gasteiger partial charge in [-0.2, -0.15) is 0 Å². The molecule has 0 aromatic heterocycles. The van der Waals surface area contributed by atoms with E-state index in [1.54, 1.807) is 57.8 Å². The molecule has 0 heterocycles. The van der Waals surface area contributed by atoms with Crippen molar-refractivity contribution in [1.82, 2.24) is 0 Å². The molecule has 0 N–H and O–H groups in total. The van der Waals surface area contributed by atoms with Gasteiger partial charge in [-0.3, -0.25) is 0 Å². The first-order chi connectivity index (χ1) is 11.3. The number of hydrogen-bond donors (Lipinski definition) is 0. The van der Waals surface area contributed by atoms with Gasteiger partial charge in [-0.1, -0.05) is 102 Å². The minimum atomic E-state index is 1.10.